The van der Waals surface area contributed by atoms with Gasteiger partial charge in [-0.05, 0) is 24.4 Å². The first-order valence-corrected chi connectivity index (χ1v) is 9.57. The number of hydrogen-bond acceptors (Lipinski definition) is 6. The largest absolute Gasteiger partial charge is 0.452 e. The van der Waals surface area contributed by atoms with Crippen LogP contribution in [-0.2, 0) is 14.3 Å². The van der Waals surface area contributed by atoms with Crippen molar-refractivity contribution in [1.82, 2.24) is 4.98 Å². The minimum absolute atomic E-state index is 0.354. The number of rotatable bonds is 6. The van der Waals surface area contributed by atoms with Crippen LogP contribution in [0.1, 0.15) is 10.4 Å². The highest BCUT2D eigenvalue weighted by molar-refractivity contribution is 7.14. The van der Waals surface area contributed by atoms with Gasteiger partial charge in [0.1, 0.15) is 0 Å². The maximum absolute atomic E-state index is 11.9. The number of thiazole rings is 1. The molecule has 1 aromatic carbocycles. The van der Waals surface area contributed by atoms with E-state index in [1.807, 2.05) is 54.1 Å². The van der Waals surface area contributed by atoms with Crippen molar-refractivity contribution in [3.8, 4) is 11.3 Å². The average molecular weight is 384 g/mol. The van der Waals surface area contributed by atoms with E-state index in [2.05, 4.69) is 10.3 Å². The van der Waals surface area contributed by atoms with E-state index < -0.39 is 11.9 Å². The molecular formula is C19H16N2O3S2. The van der Waals surface area contributed by atoms with Crippen LogP contribution in [-0.4, -0.2) is 23.5 Å². The molecule has 0 fully saturated rings. The summed E-state index contributed by atoms with van der Waals surface area (Å²) in [5.74, 6) is -0.985. The SMILES string of the molecule is Cc1ccc(-c2csc(NC(=O)COC(=O)C=Cc3cccs3)n2)cc1. The van der Waals surface area contributed by atoms with Gasteiger partial charge in [-0.15, -0.1) is 22.7 Å². The second kappa shape index (κ2) is 8.55. The Morgan fingerprint density at radius 1 is 1.19 bits per heavy atom. The molecular weight excluding hydrogens is 368 g/mol. The number of carbonyl (C=O) groups excluding carboxylic acids is 2. The Morgan fingerprint density at radius 3 is 2.73 bits per heavy atom. The van der Waals surface area contributed by atoms with Crippen LogP contribution in [0.2, 0.25) is 0 Å². The standard InChI is InChI=1S/C19H16N2O3S2/c1-13-4-6-14(7-5-13)16-12-26-19(20-16)21-17(22)11-24-18(23)9-8-15-3-2-10-25-15/h2-10,12H,11H2,1H3,(H,20,21,22). The van der Waals surface area contributed by atoms with Gasteiger partial charge in [-0.25, -0.2) is 9.78 Å². The van der Waals surface area contributed by atoms with Crippen LogP contribution in [0.25, 0.3) is 17.3 Å². The highest BCUT2D eigenvalue weighted by atomic mass is 32.1. The van der Waals surface area contributed by atoms with Crippen molar-refractivity contribution >= 4 is 45.8 Å². The van der Waals surface area contributed by atoms with Crippen molar-refractivity contribution in [2.45, 2.75) is 6.92 Å². The number of amides is 1. The van der Waals surface area contributed by atoms with E-state index in [4.69, 9.17) is 4.74 Å². The predicted octanol–water partition coefficient (Wildman–Crippen LogP) is 4.38. The van der Waals surface area contributed by atoms with Crippen LogP contribution in [0.4, 0.5) is 5.13 Å². The molecule has 0 radical (unpaired) electrons. The number of nitrogens with zero attached hydrogens (tertiary/aromatic N) is 1. The number of aromatic nitrogens is 1. The van der Waals surface area contributed by atoms with E-state index in [0.717, 1.165) is 16.1 Å². The Balaban J connectivity index is 1.49. The van der Waals surface area contributed by atoms with E-state index in [1.165, 1.54) is 34.3 Å². The lowest BCUT2D eigenvalue weighted by atomic mass is 10.1. The van der Waals surface area contributed by atoms with Crippen molar-refractivity contribution in [2.75, 3.05) is 11.9 Å². The van der Waals surface area contributed by atoms with Gasteiger partial charge in [0.25, 0.3) is 5.91 Å². The summed E-state index contributed by atoms with van der Waals surface area (Å²) in [4.78, 5) is 28.8. The second-order valence-electron chi connectivity index (χ2n) is 5.41. The maximum atomic E-state index is 11.9. The number of benzene rings is 1. The number of aryl methyl sites for hydroxylation is 1. The van der Waals surface area contributed by atoms with Gasteiger partial charge in [0.15, 0.2) is 11.7 Å². The molecule has 0 atom stereocenters. The topological polar surface area (TPSA) is 68.3 Å². The van der Waals surface area contributed by atoms with Crippen LogP contribution in [0.15, 0.2) is 53.2 Å². The molecule has 7 heteroatoms. The molecule has 2 heterocycles. The third-order valence-electron chi connectivity index (χ3n) is 3.37. The molecule has 0 aliphatic carbocycles. The van der Waals surface area contributed by atoms with Gasteiger partial charge in [-0.3, -0.25) is 10.1 Å². The number of nitrogens with one attached hydrogen (secondary N) is 1. The van der Waals surface area contributed by atoms with Crippen LogP contribution in [0.5, 0.6) is 0 Å². The van der Waals surface area contributed by atoms with E-state index in [-0.39, 0.29) is 6.61 Å². The first kappa shape index (κ1) is 18.0. The smallest absolute Gasteiger partial charge is 0.331 e. The molecule has 0 unspecified atom stereocenters. The molecule has 132 valence electrons. The molecule has 0 aliphatic rings. The predicted molar refractivity (Wildman–Crippen MR) is 105 cm³/mol. The zero-order valence-electron chi connectivity index (χ0n) is 14.0. The second-order valence-corrected chi connectivity index (χ2v) is 7.25. The molecule has 5 nitrogen and oxygen atoms in total. The average Bonchev–Trinajstić information content (AvgIpc) is 3.31. The molecule has 1 amide bonds. The molecule has 3 rings (SSSR count). The molecule has 3 aromatic rings. The highest BCUT2D eigenvalue weighted by Crippen LogP contribution is 2.25. The number of ether oxygens (including phenoxy) is 1. The van der Waals surface area contributed by atoms with Crippen molar-refractivity contribution in [3.63, 3.8) is 0 Å². The van der Waals surface area contributed by atoms with E-state index in [1.54, 1.807) is 6.08 Å². The van der Waals surface area contributed by atoms with Gasteiger partial charge in [0, 0.05) is 21.9 Å². The van der Waals surface area contributed by atoms with Gasteiger partial charge >= 0.3 is 5.97 Å². The molecule has 0 spiro atoms. The first-order chi connectivity index (χ1) is 12.6. The fourth-order valence-electron chi connectivity index (χ4n) is 2.06. The molecule has 1 N–H and O–H groups in total. The fraction of sp³-hybridized carbons (Fsp3) is 0.105. The summed E-state index contributed by atoms with van der Waals surface area (Å²) < 4.78 is 4.92. The van der Waals surface area contributed by atoms with Gasteiger partial charge in [0.2, 0.25) is 0 Å². The van der Waals surface area contributed by atoms with Crippen molar-refractivity contribution < 1.29 is 14.3 Å². The quantitative estimate of drug-likeness (QED) is 0.506. The van der Waals surface area contributed by atoms with E-state index >= 15 is 0 Å². The summed E-state index contributed by atoms with van der Waals surface area (Å²) in [5.41, 5.74) is 2.95. The molecule has 0 aliphatic heterocycles. The Kier molecular flexibility index (Phi) is 5.93. The molecule has 26 heavy (non-hydrogen) atoms. The van der Waals surface area contributed by atoms with Gasteiger partial charge in [-0.2, -0.15) is 0 Å². The summed E-state index contributed by atoms with van der Waals surface area (Å²) in [6.07, 6.45) is 2.96. The van der Waals surface area contributed by atoms with E-state index in [9.17, 15) is 9.59 Å². The van der Waals surface area contributed by atoms with Gasteiger partial charge in [0.05, 0.1) is 5.69 Å². The van der Waals surface area contributed by atoms with Crippen molar-refractivity contribution in [2.24, 2.45) is 0 Å². The monoisotopic (exact) mass is 384 g/mol. The van der Waals surface area contributed by atoms with Gasteiger partial charge in [-0.1, -0.05) is 35.9 Å². The van der Waals surface area contributed by atoms with Gasteiger partial charge < -0.3 is 4.74 Å². The molecule has 0 saturated heterocycles. The summed E-state index contributed by atoms with van der Waals surface area (Å²) in [6, 6.07) is 11.8. The first-order valence-electron chi connectivity index (χ1n) is 7.81. The zero-order chi connectivity index (χ0) is 18.4. The molecule has 0 saturated carbocycles. The maximum Gasteiger partial charge on any atom is 0.331 e. The summed E-state index contributed by atoms with van der Waals surface area (Å²) >= 11 is 2.84. The van der Waals surface area contributed by atoms with Crippen LogP contribution in [0, 0.1) is 6.92 Å². The lowest BCUT2D eigenvalue weighted by Crippen LogP contribution is -2.20. The molecule has 0 bridgehead atoms. The minimum Gasteiger partial charge on any atom is -0.452 e. The number of anilines is 1. The third-order valence-corrected chi connectivity index (χ3v) is 4.97. The summed E-state index contributed by atoms with van der Waals surface area (Å²) in [6.45, 7) is 1.67. The lowest BCUT2D eigenvalue weighted by Gasteiger charge is -2.02. The van der Waals surface area contributed by atoms with Crippen LogP contribution < -0.4 is 5.32 Å². The summed E-state index contributed by atoms with van der Waals surface area (Å²) in [7, 11) is 0. The zero-order valence-corrected chi connectivity index (χ0v) is 15.6. The van der Waals surface area contributed by atoms with Crippen molar-refractivity contribution in [1.29, 1.82) is 0 Å². The van der Waals surface area contributed by atoms with E-state index in [0.29, 0.717) is 5.13 Å². The highest BCUT2D eigenvalue weighted by Gasteiger charge is 2.10. The Morgan fingerprint density at radius 2 is 2.00 bits per heavy atom. The fourth-order valence-corrected chi connectivity index (χ4v) is 3.42. The third kappa shape index (κ3) is 5.11. The Labute approximate surface area is 159 Å². The lowest BCUT2D eigenvalue weighted by molar-refractivity contribution is -0.142. The summed E-state index contributed by atoms with van der Waals surface area (Å²) in [5, 5.41) is 6.89. The molecule has 2 aromatic heterocycles. The van der Waals surface area contributed by atoms with Crippen molar-refractivity contribution in [3.05, 3.63) is 63.7 Å². The minimum atomic E-state index is -0.562. The van der Waals surface area contributed by atoms with Crippen LogP contribution in [0.3, 0.4) is 0 Å². The number of carbonyl (C=O) groups is 2. The number of thiophene rings is 1. The Bertz CT molecular complexity index is 913. The normalized spacial score (nSPS) is 10.8. The number of hydrogen-bond donors (Lipinski definition) is 1. The Hall–Kier alpha value is -2.77. The number of esters is 1. The van der Waals surface area contributed by atoms with Crippen LogP contribution >= 0.6 is 22.7 Å².